The van der Waals surface area contributed by atoms with E-state index in [9.17, 15) is 14.7 Å². The molecule has 1 aromatic heterocycles. The van der Waals surface area contributed by atoms with Crippen LogP contribution >= 0.6 is 11.6 Å². The highest BCUT2D eigenvalue weighted by Gasteiger charge is 2.31. The van der Waals surface area contributed by atoms with Gasteiger partial charge in [0.15, 0.2) is 0 Å². The number of aliphatic hydroxyl groups excluding tert-OH is 1. The van der Waals surface area contributed by atoms with E-state index in [0.717, 1.165) is 12.0 Å². The maximum Gasteiger partial charge on any atom is 0.319 e. The van der Waals surface area contributed by atoms with Gasteiger partial charge in [0.2, 0.25) is 5.91 Å². The second kappa shape index (κ2) is 11.6. The average molecular weight is 447 g/mol. The van der Waals surface area contributed by atoms with E-state index in [-0.39, 0.29) is 30.7 Å². The van der Waals surface area contributed by atoms with Crippen molar-refractivity contribution < 1.29 is 19.4 Å². The quantitative estimate of drug-likeness (QED) is 0.497. The van der Waals surface area contributed by atoms with Crippen molar-refractivity contribution in [3.05, 3.63) is 59.4 Å². The Morgan fingerprint density at radius 2 is 1.87 bits per heavy atom. The van der Waals surface area contributed by atoms with Gasteiger partial charge >= 0.3 is 6.03 Å². The third kappa shape index (κ3) is 7.50. The molecule has 1 aliphatic heterocycles. The zero-order valence-electron chi connectivity index (χ0n) is 17.1. The minimum atomic E-state index is -0.498. The zero-order chi connectivity index (χ0) is 22.1. The van der Waals surface area contributed by atoms with Crippen molar-refractivity contribution in [2.75, 3.05) is 18.5 Å². The zero-order valence-corrected chi connectivity index (χ0v) is 17.8. The second-order valence-corrected chi connectivity index (χ2v) is 7.88. The van der Waals surface area contributed by atoms with Crippen LogP contribution in [-0.2, 0) is 16.0 Å². The Balaban J connectivity index is 1.39. The average Bonchev–Trinajstić information content (AvgIpc) is 2.77. The summed E-state index contributed by atoms with van der Waals surface area (Å²) in [6, 6.07) is 9.77. The minimum absolute atomic E-state index is 0.0564. The fourth-order valence-electron chi connectivity index (χ4n) is 3.50. The van der Waals surface area contributed by atoms with Gasteiger partial charge in [-0.3, -0.25) is 9.78 Å². The lowest BCUT2D eigenvalue weighted by atomic mass is 9.97. The van der Waals surface area contributed by atoms with Gasteiger partial charge in [-0.05, 0) is 61.2 Å². The van der Waals surface area contributed by atoms with Crippen molar-refractivity contribution >= 4 is 29.2 Å². The number of hydrogen-bond acceptors (Lipinski definition) is 5. The van der Waals surface area contributed by atoms with E-state index in [1.54, 1.807) is 36.7 Å². The SMILES string of the molecule is O=C(Cc1ccncc1)NCC[C@@H]1CC[C@@H](NC(=O)Nc2ccc(Cl)cc2)[C@H](CO)O1. The molecule has 8 nitrogen and oxygen atoms in total. The predicted octanol–water partition coefficient (Wildman–Crippen LogP) is 2.51. The number of nitrogens with zero attached hydrogens (tertiary/aromatic N) is 1. The third-order valence-electron chi connectivity index (χ3n) is 5.12. The fraction of sp³-hybridized carbons (Fsp3) is 0.409. The molecule has 3 amide bonds. The van der Waals surface area contributed by atoms with Crippen LogP contribution in [0.5, 0.6) is 0 Å². The first-order valence-corrected chi connectivity index (χ1v) is 10.7. The fourth-order valence-corrected chi connectivity index (χ4v) is 3.63. The number of hydrogen-bond donors (Lipinski definition) is 4. The molecule has 0 unspecified atom stereocenters. The lowest BCUT2D eigenvalue weighted by Gasteiger charge is -2.36. The lowest BCUT2D eigenvalue weighted by molar-refractivity contribution is -0.121. The van der Waals surface area contributed by atoms with Gasteiger partial charge in [0.25, 0.3) is 0 Å². The number of amides is 3. The predicted molar refractivity (Wildman–Crippen MR) is 118 cm³/mol. The maximum atomic E-state index is 12.3. The highest BCUT2D eigenvalue weighted by atomic mass is 35.5. The number of carbonyl (C=O) groups excluding carboxylic acids is 2. The summed E-state index contributed by atoms with van der Waals surface area (Å²) in [5, 5.41) is 18.8. The van der Waals surface area contributed by atoms with Crippen LogP contribution in [0.4, 0.5) is 10.5 Å². The van der Waals surface area contributed by atoms with Crippen LogP contribution in [0.25, 0.3) is 0 Å². The number of rotatable bonds is 8. The first kappa shape index (κ1) is 23.0. The molecule has 0 radical (unpaired) electrons. The Bertz CT molecular complexity index is 850. The summed E-state index contributed by atoms with van der Waals surface area (Å²) in [7, 11) is 0. The van der Waals surface area contributed by atoms with Crippen LogP contribution in [0.1, 0.15) is 24.8 Å². The second-order valence-electron chi connectivity index (χ2n) is 7.44. The van der Waals surface area contributed by atoms with Gasteiger partial charge in [0, 0.05) is 29.6 Å². The highest BCUT2D eigenvalue weighted by molar-refractivity contribution is 6.30. The van der Waals surface area contributed by atoms with Crippen molar-refractivity contribution in [2.45, 2.75) is 43.9 Å². The van der Waals surface area contributed by atoms with Gasteiger partial charge in [-0.2, -0.15) is 0 Å². The summed E-state index contributed by atoms with van der Waals surface area (Å²) in [4.78, 5) is 28.2. The molecule has 1 aliphatic rings. The van der Waals surface area contributed by atoms with E-state index >= 15 is 0 Å². The molecule has 1 fully saturated rings. The molecule has 0 bridgehead atoms. The monoisotopic (exact) mass is 446 g/mol. The molecule has 3 atom stereocenters. The van der Waals surface area contributed by atoms with Crippen LogP contribution in [0.3, 0.4) is 0 Å². The Morgan fingerprint density at radius 1 is 1.13 bits per heavy atom. The number of carbonyl (C=O) groups is 2. The van der Waals surface area contributed by atoms with E-state index in [0.29, 0.717) is 36.5 Å². The third-order valence-corrected chi connectivity index (χ3v) is 5.37. The number of aromatic nitrogens is 1. The molecule has 2 heterocycles. The van der Waals surface area contributed by atoms with E-state index in [4.69, 9.17) is 16.3 Å². The van der Waals surface area contributed by atoms with Gasteiger partial charge in [-0.1, -0.05) is 11.6 Å². The molecule has 0 spiro atoms. The molecule has 0 saturated carbocycles. The van der Waals surface area contributed by atoms with Gasteiger partial charge < -0.3 is 25.8 Å². The topological polar surface area (TPSA) is 113 Å². The van der Waals surface area contributed by atoms with Crippen molar-refractivity contribution in [1.82, 2.24) is 15.6 Å². The Hall–Kier alpha value is -2.68. The number of aliphatic hydroxyl groups is 1. The molecule has 1 saturated heterocycles. The standard InChI is InChI=1S/C22H27ClN4O4/c23-16-1-3-17(4-2-16)26-22(30)27-19-6-5-18(31-20(19)14-28)9-12-25-21(29)13-15-7-10-24-11-8-15/h1-4,7-8,10-11,18-20,28H,5-6,9,12-14H2,(H,25,29)(H2,26,27,30)/t18-,19+,20-/m0/s1. The van der Waals surface area contributed by atoms with Crippen molar-refractivity contribution in [1.29, 1.82) is 0 Å². The molecule has 166 valence electrons. The van der Waals surface area contributed by atoms with Crippen LogP contribution in [0.15, 0.2) is 48.8 Å². The number of benzene rings is 1. The number of ether oxygens (including phenoxy) is 1. The molecule has 9 heteroatoms. The minimum Gasteiger partial charge on any atom is -0.394 e. The number of urea groups is 1. The van der Waals surface area contributed by atoms with Gasteiger partial charge in [-0.25, -0.2) is 4.79 Å². The molecule has 3 rings (SSSR count). The summed E-state index contributed by atoms with van der Waals surface area (Å²) < 4.78 is 5.95. The van der Waals surface area contributed by atoms with Crippen LogP contribution < -0.4 is 16.0 Å². The summed E-state index contributed by atoms with van der Waals surface area (Å²) in [6.07, 6.45) is 5.08. The molecular weight excluding hydrogens is 420 g/mol. The maximum absolute atomic E-state index is 12.3. The number of halogens is 1. The van der Waals surface area contributed by atoms with Crippen LogP contribution in [0.2, 0.25) is 5.02 Å². The normalized spacial score (nSPS) is 20.6. The molecule has 2 aromatic rings. The molecule has 4 N–H and O–H groups in total. The van der Waals surface area contributed by atoms with E-state index in [1.165, 1.54) is 0 Å². The van der Waals surface area contributed by atoms with Crippen molar-refractivity contribution in [3.8, 4) is 0 Å². The molecule has 0 aliphatic carbocycles. The lowest BCUT2D eigenvalue weighted by Crippen LogP contribution is -2.52. The molecule has 31 heavy (non-hydrogen) atoms. The van der Waals surface area contributed by atoms with Crippen molar-refractivity contribution in [3.63, 3.8) is 0 Å². The first-order valence-electron chi connectivity index (χ1n) is 10.3. The summed E-state index contributed by atoms with van der Waals surface area (Å²) in [5.41, 5.74) is 1.53. The Morgan fingerprint density at radius 3 is 2.58 bits per heavy atom. The smallest absolute Gasteiger partial charge is 0.319 e. The summed E-state index contributed by atoms with van der Waals surface area (Å²) >= 11 is 5.85. The number of nitrogens with one attached hydrogen (secondary N) is 3. The van der Waals surface area contributed by atoms with E-state index in [1.807, 2.05) is 12.1 Å². The van der Waals surface area contributed by atoms with Gasteiger partial charge in [-0.15, -0.1) is 0 Å². The Labute approximate surface area is 186 Å². The van der Waals surface area contributed by atoms with E-state index < -0.39 is 6.10 Å². The number of pyridine rings is 1. The first-order chi connectivity index (χ1) is 15.0. The summed E-state index contributed by atoms with van der Waals surface area (Å²) in [5.74, 6) is -0.0564. The van der Waals surface area contributed by atoms with Gasteiger partial charge in [0.05, 0.1) is 25.2 Å². The Kier molecular flexibility index (Phi) is 8.63. The van der Waals surface area contributed by atoms with Crippen molar-refractivity contribution in [2.24, 2.45) is 0 Å². The van der Waals surface area contributed by atoms with Gasteiger partial charge in [0.1, 0.15) is 6.10 Å². The molecule has 1 aromatic carbocycles. The largest absolute Gasteiger partial charge is 0.394 e. The van der Waals surface area contributed by atoms with Crippen LogP contribution in [-0.4, -0.2) is 53.4 Å². The van der Waals surface area contributed by atoms with Crippen LogP contribution in [0, 0.1) is 0 Å². The van der Waals surface area contributed by atoms with E-state index in [2.05, 4.69) is 20.9 Å². The summed E-state index contributed by atoms with van der Waals surface area (Å²) in [6.45, 7) is 0.290. The highest BCUT2D eigenvalue weighted by Crippen LogP contribution is 2.22. The molecular formula is C22H27ClN4O4. The number of anilines is 1.